The zero-order chi connectivity index (χ0) is 14.7. The molecule has 2 unspecified atom stereocenters. The number of carbonyl (C=O) groups excluding carboxylic acids is 1. The van der Waals surface area contributed by atoms with Gasteiger partial charge in [-0.1, -0.05) is 12.8 Å². The highest BCUT2D eigenvalue weighted by atomic mass is 16.6. The average Bonchev–Trinajstić information content (AvgIpc) is 2.46. The SMILES string of the molecule is CN(C(=O)c1ccc([N+](=O)[O-])cc1)C1CCCCC1O. The number of benzene rings is 1. The zero-order valence-corrected chi connectivity index (χ0v) is 11.4. The van der Waals surface area contributed by atoms with E-state index in [1.54, 1.807) is 11.9 Å². The molecule has 1 aromatic rings. The van der Waals surface area contributed by atoms with Crippen LogP contribution in [0.25, 0.3) is 0 Å². The van der Waals surface area contributed by atoms with Crippen LogP contribution in [-0.2, 0) is 0 Å². The Labute approximate surface area is 117 Å². The lowest BCUT2D eigenvalue weighted by atomic mass is 9.91. The zero-order valence-electron chi connectivity index (χ0n) is 11.4. The van der Waals surface area contributed by atoms with Gasteiger partial charge in [0.2, 0.25) is 0 Å². The van der Waals surface area contributed by atoms with Crippen LogP contribution >= 0.6 is 0 Å². The normalized spacial score (nSPS) is 22.3. The summed E-state index contributed by atoms with van der Waals surface area (Å²) in [4.78, 5) is 23.9. The van der Waals surface area contributed by atoms with Gasteiger partial charge in [-0.25, -0.2) is 0 Å². The Bertz CT molecular complexity index is 500. The highest BCUT2D eigenvalue weighted by molar-refractivity contribution is 5.94. The van der Waals surface area contributed by atoms with Crippen LogP contribution in [0.15, 0.2) is 24.3 Å². The van der Waals surface area contributed by atoms with Gasteiger partial charge in [-0.2, -0.15) is 0 Å². The van der Waals surface area contributed by atoms with Gasteiger partial charge in [0, 0.05) is 24.7 Å². The van der Waals surface area contributed by atoms with E-state index < -0.39 is 11.0 Å². The summed E-state index contributed by atoms with van der Waals surface area (Å²) in [7, 11) is 1.67. The fourth-order valence-corrected chi connectivity index (χ4v) is 2.62. The van der Waals surface area contributed by atoms with Gasteiger partial charge in [0.15, 0.2) is 0 Å². The first-order chi connectivity index (χ1) is 9.50. The first-order valence-corrected chi connectivity index (χ1v) is 6.70. The summed E-state index contributed by atoms with van der Waals surface area (Å²) in [5.74, 6) is -0.217. The number of nitrogens with zero attached hydrogens (tertiary/aromatic N) is 2. The Kier molecular flexibility index (Phi) is 4.34. The molecule has 0 saturated heterocycles. The first-order valence-electron chi connectivity index (χ1n) is 6.70. The van der Waals surface area contributed by atoms with E-state index in [-0.39, 0.29) is 17.6 Å². The number of aliphatic hydroxyl groups excluding tert-OH is 1. The Morgan fingerprint density at radius 2 is 1.90 bits per heavy atom. The molecule has 0 heterocycles. The summed E-state index contributed by atoms with van der Waals surface area (Å²) in [6.45, 7) is 0. The van der Waals surface area contributed by atoms with Crippen molar-refractivity contribution >= 4 is 11.6 Å². The van der Waals surface area contributed by atoms with E-state index in [4.69, 9.17) is 0 Å². The Hall–Kier alpha value is -1.95. The lowest BCUT2D eigenvalue weighted by Crippen LogP contribution is -2.46. The number of likely N-dealkylation sites (N-methyl/N-ethyl adjacent to an activating group) is 1. The molecule has 2 rings (SSSR count). The maximum Gasteiger partial charge on any atom is 0.269 e. The van der Waals surface area contributed by atoms with Crippen molar-refractivity contribution in [2.75, 3.05) is 7.05 Å². The molecule has 6 heteroatoms. The number of non-ortho nitro benzene ring substituents is 1. The van der Waals surface area contributed by atoms with Crippen LogP contribution in [0.2, 0.25) is 0 Å². The van der Waals surface area contributed by atoms with Crippen LogP contribution in [0.3, 0.4) is 0 Å². The molecule has 1 N–H and O–H groups in total. The van der Waals surface area contributed by atoms with Crippen LogP contribution in [0.4, 0.5) is 5.69 Å². The number of aliphatic hydroxyl groups is 1. The van der Waals surface area contributed by atoms with Crippen LogP contribution in [-0.4, -0.2) is 40.0 Å². The quantitative estimate of drug-likeness (QED) is 0.676. The van der Waals surface area contributed by atoms with E-state index in [0.29, 0.717) is 12.0 Å². The molecule has 1 amide bonds. The number of carbonyl (C=O) groups is 1. The van der Waals surface area contributed by atoms with Gasteiger partial charge in [-0.3, -0.25) is 14.9 Å². The molecule has 2 atom stereocenters. The molecule has 0 aliphatic heterocycles. The standard InChI is InChI=1S/C14H18N2O4/c1-15(12-4-2-3-5-13(12)17)14(18)10-6-8-11(9-7-10)16(19)20/h6-9,12-13,17H,2-5H2,1H3. The summed E-state index contributed by atoms with van der Waals surface area (Å²) in [5.41, 5.74) is 0.359. The van der Waals surface area contributed by atoms with Gasteiger partial charge in [0.25, 0.3) is 11.6 Å². The lowest BCUT2D eigenvalue weighted by Gasteiger charge is -2.35. The molecule has 20 heavy (non-hydrogen) atoms. The molecule has 0 aromatic heterocycles. The van der Waals surface area contributed by atoms with Gasteiger partial charge in [-0.05, 0) is 25.0 Å². The van der Waals surface area contributed by atoms with E-state index in [1.165, 1.54) is 24.3 Å². The number of hydrogen-bond acceptors (Lipinski definition) is 4. The molecule has 0 radical (unpaired) electrons. The molecule has 1 saturated carbocycles. The molecule has 108 valence electrons. The van der Waals surface area contributed by atoms with Gasteiger partial charge in [-0.15, -0.1) is 0 Å². The third-order valence-corrected chi connectivity index (χ3v) is 3.84. The molecule has 0 spiro atoms. The fraction of sp³-hybridized carbons (Fsp3) is 0.500. The summed E-state index contributed by atoms with van der Waals surface area (Å²) in [6.07, 6.45) is 2.99. The summed E-state index contributed by atoms with van der Waals surface area (Å²) >= 11 is 0. The predicted octanol–water partition coefficient (Wildman–Crippen LogP) is 1.97. The van der Waals surface area contributed by atoms with Crippen LogP contribution in [0.1, 0.15) is 36.0 Å². The monoisotopic (exact) mass is 278 g/mol. The minimum absolute atomic E-state index is 0.0399. The number of amides is 1. The van der Waals surface area contributed by atoms with Gasteiger partial charge in [0.05, 0.1) is 17.1 Å². The summed E-state index contributed by atoms with van der Waals surface area (Å²) in [6, 6.07) is 5.36. The minimum atomic E-state index is -0.497. The summed E-state index contributed by atoms with van der Waals surface area (Å²) < 4.78 is 0. The molecule has 1 aliphatic carbocycles. The topological polar surface area (TPSA) is 83.7 Å². The van der Waals surface area contributed by atoms with Crippen molar-refractivity contribution in [3.8, 4) is 0 Å². The minimum Gasteiger partial charge on any atom is -0.391 e. The second-order valence-electron chi connectivity index (χ2n) is 5.14. The van der Waals surface area contributed by atoms with Crippen molar-refractivity contribution in [3.05, 3.63) is 39.9 Å². The maximum atomic E-state index is 12.3. The van der Waals surface area contributed by atoms with Crippen molar-refractivity contribution in [1.29, 1.82) is 0 Å². The Morgan fingerprint density at radius 1 is 1.30 bits per heavy atom. The van der Waals surface area contributed by atoms with Crippen molar-refractivity contribution in [1.82, 2.24) is 4.90 Å². The molecule has 1 aliphatic rings. The largest absolute Gasteiger partial charge is 0.391 e. The van der Waals surface area contributed by atoms with Crippen LogP contribution in [0.5, 0.6) is 0 Å². The molecule has 1 fully saturated rings. The van der Waals surface area contributed by atoms with Crippen molar-refractivity contribution < 1.29 is 14.8 Å². The molecular formula is C14H18N2O4. The second-order valence-corrected chi connectivity index (χ2v) is 5.14. The number of rotatable bonds is 3. The average molecular weight is 278 g/mol. The molecule has 0 bridgehead atoms. The van der Waals surface area contributed by atoms with Crippen molar-refractivity contribution in [2.45, 2.75) is 37.8 Å². The van der Waals surface area contributed by atoms with E-state index in [1.807, 2.05) is 0 Å². The molecule has 6 nitrogen and oxygen atoms in total. The van der Waals surface area contributed by atoms with Crippen LogP contribution in [0, 0.1) is 10.1 Å². The predicted molar refractivity (Wildman–Crippen MR) is 73.5 cm³/mol. The van der Waals surface area contributed by atoms with Crippen molar-refractivity contribution in [2.24, 2.45) is 0 Å². The highest BCUT2D eigenvalue weighted by Crippen LogP contribution is 2.24. The Balaban J connectivity index is 2.11. The van der Waals surface area contributed by atoms with Gasteiger partial charge < -0.3 is 10.0 Å². The Morgan fingerprint density at radius 3 is 2.45 bits per heavy atom. The fourth-order valence-electron chi connectivity index (χ4n) is 2.62. The van der Waals surface area contributed by atoms with E-state index in [0.717, 1.165) is 19.3 Å². The third kappa shape index (κ3) is 2.96. The lowest BCUT2D eigenvalue weighted by molar-refractivity contribution is -0.384. The van der Waals surface area contributed by atoms with E-state index >= 15 is 0 Å². The van der Waals surface area contributed by atoms with Crippen LogP contribution < -0.4 is 0 Å². The third-order valence-electron chi connectivity index (χ3n) is 3.84. The first kappa shape index (κ1) is 14.5. The molecular weight excluding hydrogens is 260 g/mol. The van der Waals surface area contributed by atoms with Crippen molar-refractivity contribution in [3.63, 3.8) is 0 Å². The van der Waals surface area contributed by atoms with E-state index in [2.05, 4.69) is 0 Å². The van der Waals surface area contributed by atoms with Gasteiger partial charge in [0.1, 0.15) is 0 Å². The molecule has 1 aromatic carbocycles. The van der Waals surface area contributed by atoms with E-state index in [9.17, 15) is 20.0 Å². The van der Waals surface area contributed by atoms with Gasteiger partial charge >= 0.3 is 0 Å². The maximum absolute atomic E-state index is 12.3. The number of nitro groups is 1. The highest BCUT2D eigenvalue weighted by Gasteiger charge is 2.29. The summed E-state index contributed by atoms with van der Waals surface area (Å²) in [5, 5.41) is 20.6. The number of hydrogen-bond donors (Lipinski definition) is 1. The smallest absolute Gasteiger partial charge is 0.269 e. The number of nitro benzene ring substituents is 1. The second kappa shape index (κ2) is 6.00.